The van der Waals surface area contributed by atoms with Crippen molar-refractivity contribution in [2.24, 2.45) is 10.2 Å². The fraction of sp³-hybridized carbons (Fsp3) is 0.304. The molecule has 1 fully saturated rings. The van der Waals surface area contributed by atoms with Crippen LogP contribution in [-0.2, 0) is 6.54 Å². The molecule has 1 aromatic heterocycles. The van der Waals surface area contributed by atoms with Crippen LogP contribution in [0, 0.1) is 11.6 Å². The van der Waals surface area contributed by atoms with Crippen molar-refractivity contribution in [3.05, 3.63) is 71.8 Å². The van der Waals surface area contributed by atoms with Crippen molar-refractivity contribution in [3.63, 3.8) is 0 Å². The van der Waals surface area contributed by atoms with Gasteiger partial charge in [-0.15, -0.1) is 0 Å². The number of anilines is 1. The number of nitrogens with zero attached hydrogens (tertiary/aromatic N) is 5. The average Bonchev–Trinajstić information content (AvgIpc) is 3.31. The Morgan fingerprint density at radius 2 is 1.85 bits per heavy atom. The molecule has 0 unspecified atom stereocenters. The Morgan fingerprint density at radius 1 is 1.09 bits per heavy atom. The van der Waals surface area contributed by atoms with Gasteiger partial charge in [0.05, 0.1) is 18.0 Å². The summed E-state index contributed by atoms with van der Waals surface area (Å²) in [6.07, 6.45) is -1.10. The molecule has 0 bridgehead atoms. The van der Waals surface area contributed by atoms with Crippen LogP contribution in [0.5, 0.6) is 0 Å². The van der Waals surface area contributed by atoms with Crippen LogP contribution in [0.3, 0.4) is 0 Å². The zero-order chi connectivity index (χ0) is 23.5. The molecule has 0 radical (unpaired) electrons. The van der Waals surface area contributed by atoms with Crippen LogP contribution in [0.4, 0.5) is 23.2 Å². The topological polar surface area (TPSA) is 44.1 Å². The van der Waals surface area contributed by atoms with Gasteiger partial charge in [-0.1, -0.05) is 12.4 Å². The second-order valence-electron chi connectivity index (χ2n) is 7.76. The molecule has 2 aliphatic rings. The molecule has 174 valence electrons. The average molecular weight is 478 g/mol. The molecular weight excluding hydrogens is 454 g/mol. The fourth-order valence-corrected chi connectivity index (χ4v) is 4.77. The molecular formula is C23H23F4N5S. The quantitative estimate of drug-likeness (QED) is 0.430. The van der Waals surface area contributed by atoms with Gasteiger partial charge in [0.1, 0.15) is 11.5 Å². The van der Waals surface area contributed by atoms with Crippen molar-refractivity contribution in [1.82, 2.24) is 9.88 Å². The molecule has 0 aliphatic carbocycles. The predicted octanol–water partition coefficient (Wildman–Crippen LogP) is 4.67. The summed E-state index contributed by atoms with van der Waals surface area (Å²) >= 11 is 0. The minimum absolute atomic E-state index is 0.0145. The first-order valence-corrected chi connectivity index (χ1v) is 12.1. The highest BCUT2D eigenvalue weighted by atomic mass is 32.2. The second kappa shape index (κ2) is 9.86. The van der Waals surface area contributed by atoms with Gasteiger partial charge in [-0.2, -0.15) is 20.7 Å². The largest absolute Gasteiger partial charge is 0.357 e. The number of hydrogen-bond acceptors (Lipinski definition) is 5. The Labute approximate surface area is 192 Å². The van der Waals surface area contributed by atoms with E-state index < -0.39 is 18.1 Å². The van der Waals surface area contributed by atoms with E-state index >= 15 is 0 Å². The lowest BCUT2D eigenvalue weighted by atomic mass is 10.1. The number of benzene rings is 1. The zero-order valence-electron chi connectivity index (χ0n) is 17.9. The van der Waals surface area contributed by atoms with E-state index in [0.717, 1.165) is 36.7 Å². The van der Waals surface area contributed by atoms with Crippen LogP contribution in [0.25, 0.3) is 0 Å². The van der Waals surface area contributed by atoms with E-state index in [0.29, 0.717) is 28.5 Å². The maximum absolute atomic E-state index is 14.0. The van der Waals surface area contributed by atoms with Crippen LogP contribution in [0.15, 0.2) is 59.1 Å². The third kappa shape index (κ3) is 5.32. The Balaban J connectivity index is 1.54. The summed E-state index contributed by atoms with van der Waals surface area (Å²) in [6.45, 7) is 6.05. The number of rotatable bonds is 7. The molecule has 0 spiro atoms. The van der Waals surface area contributed by atoms with E-state index in [1.807, 2.05) is 0 Å². The summed E-state index contributed by atoms with van der Waals surface area (Å²) in [5.41, 5.74) is 1.88. The van der Waals surface area contributed by atoms with Crippen molar-refractivity contribution in [2.45, 2.75) is 19.4 Å². The fourth-order valence-electron chi connectivity index (χ4n) is 3.60. The van der Waals surface area contributed by atoms with Gasteiger partial charge in [0.25, 0.3) is 6.43 Å². The number of pyridine rings is 1. The molecule has 2 aromatic rings. The predicted molar refractivity (Wildman–Crippen MR) is 127 cm³/mol. The number of aromatic nitrogens is 1. The SMILES string of the molecule is C=C(N1CCS(=C)CC1)N(Cc1ccc(C2=NN=C(C(F)F)C2)cn1)c1ccc(F)c(F)c1. The molecule has 10 heteroatoms. The summed E-state index contributed by atoms with van der Waals surface area (Å²) in [7, 11) is 0.120. The maximum Gasteiger partial charge on any atom is 0.278 e. The first-order valence-electron chi connectivity index (χ1n) is 10.3. The summed E-state index contributed by atoms with van der Waals surface area (Å²) in [5, 5.41) is 7.36. The third-order valence-corrected chi connectivity index (χ3v) is 7.09. The van der Waals surface area contributed by atoms with Gasteiger partial charge < -0.3 is 9.80 Å². The summed E-state index contributed by atoms with van der Waals surface area (Å²) in [4.78, 5) is 8.35. The smallest absolute Gasteiger partial charge is 0.278 e. The summed E-state index contributed by atoms with van der Waals surface area (Å²) in [5.74, 6) is 4.83. The van der Waals surface area contributed by atoms with Gasteiger partial charge in [0.2, 0.25) is 0 Å². The van der Waals surface area contributed by atoms with E-state index in [1.165, 1.54) is 6.07 Å². The Morgan fingerprint density at radius 3 is 2.45 bits per heavy atom. The monoisotopic (exact) mass is 477 g/mol. The van der Waals surface area contributed by atoms with Gasteiger partial charge in [0, 0.05) is 54.5 Å². The molecule has 0 amide bonds. The van der Waals surface area contributed by atoms with Gasteiger partial charge in [-0.25, -0.2) is 17.6 Å². The third-order valence-electron chi connectivity index (χ3n) is 5.57. The molecule has 1 saturated heterocycles. The lowest BCUT2D eigenvalue weighted by Gasteiger charge is -2.38. The first-order chi connectivity index (χ1) is 15.8. The minimum atomic E-state index is -2.64. The molecule has 2 aliphatic heterocycles. The second-order valence-corrected chi connectivity index (χ2v) is 9.80. The van der Waals surface area contributed by atoms with Crippen LogP contribution in [0.2, 0.25) is 0 Å². The van der Waals surface area contributed by atoms with Crippen LogP contribution in [0.1, 0.15) is 17.7 Å². The van der Waals surface area contributed by atoms with Gasteiger partial charge >= 0.3 is 0 Å². The van der Waals surface area contributed by atoms with Crippen LogP contribution in [-0.4, -0.2) is 58.2 Å². The lowest BCUT2D eigenvalue weighted by molar-refractivity contribution is 0.224. The van der Waals surface area contributed by atoms with E-state index in [2.05, 4.69) is 32.5 Å². The molecule has 0 saturated carbocycles. The van der Waals surface area contributed by atoms with Gasteiger partial charge in [-0.05, 0) is 24.3 Å². The van der Waals surface area contributed by atoms with E-state index in [-0.39, 0.29) is 29.2 Å². The van der Waals surface area contributed by atoms with Gasteiger partial charge in [-0.3, -0.25) is 4.98 Å². The standard InChI is InChI=1S/C23H23F4N5S/c1-15(31-7-9-33(2)10-8-31)32(18-5-6-19(24)20(25)11-18)14-17-4-3-16(13-28-17)21-12-22(23(26)27)30-29-21/h3-6,11,13,23H,1-2,7-10,12,14H2. The number of hydrogen-bond donors (Lipinski definition) is 0. The van der Waals surface area contributed by atoms with E-state index in [9.17, 15) is 17.6 Å². The Kier molecular flexibility index (Phi) is 6.92. The normalized spacial score (nSPS) is 16.7. The van der Waals surface area contributed by atoms with Crippen LogP contribution >= 0.6 is 10.5 Å². The van der Waals surface area contributed by atoms with Crippen molar-refractivity contribution in [2.75, 3.05) is 29.5 Å². The van der Waals surface area contributed by atoms with E-state index in [4.69, 9.17) is 0 Å². The maximum atomic E-state index is 14.0. The van der Waals surface area contributed by atoms with Crippen molar-refractivity contribution in [3.8, 4) is 0 Å². The Bertz CT molecular complexity index is 1120. The molecule has 3 heterocycles. The highest BCUT2D eigenvalue weighted by Gasteiger charge is 2.23. The molecule has 5 nitrogen and oxygen atoms in total. The van der Waals surface area contributed by atoms with Crippen LogP contribution < -0.4 is 4.90 Å². The molecule has 1 aromatic carbocycles. The number of halogens is 4. The lowest BCUT2D eigenvalue weighted by Crippen LogP contribution is -2.40. The summed E-state index contributed by atoms with van der Waals surface area (Å²) < 4.78 is 53.2. The minimum Gasteiger partial charge on any atom is -0.357 e. The number of alkyl halides is 2. The van der Waals surface area contributed by atoms with Crippen molar-refractivity contribution >= 4 is 33.5 Å². The highest BCUT2D eigenvalue weighted by molar-refractivity contribution is 8.14. The molecule has 33 heavy (non-hydrogen) atoms. The molecule has 0 atom stereocenters. The van der Waals surface area contributed by atoms with Crippen molar-refractivity contribution < 1.29 is 17.6 Å². The highest BCUT2D eigenvalue weighted by Crippen LogP contribution is 2.27. The Hall–Kier alpha value is -3.01. The van der Waals surface area contributed by atoms with Gasteiger partial charge in [0.15, 0.2) is 11.6 Å². The van der Waals surface area contributed by atoms with Crippen molar-refractivity contribution in [1.29, 1.82) is 0 Å². The van der Waals surface area contributed by atoms with E-state index in [1.54, 1.807) is 23.2 Å². The molecule has 0 N–H and O–H groups in total. The molecule has 4 rings (SSSR count). The zero-order valence-corrected chi connectivity index (χ0v) is 18.7. The first kappa shape index (κ1) is 23.2. The summed E-state index contributed by atoms with van der Waals surface area (Å²) in [6, 6.07) is 7.23.